The van der Waals surface area contributed by atoms with Crippen LogP contribution in [-0.4, -0.2) is 52.8 Å². The van der Waals surface area contributed by atoms with Gasteiger partial charge in [-0.2, -0.15) is 0 Å². The first-order valence-electron chi connectivity index (χ1n) is 8.72. The van der Waals surface area contributed by atoms with E-state index in [2.05, 4.69) is 15.2 Å². The second-order valence-corrected chi connectivity index (χ2v) is 6.57. The zero-order chi connectivity index (χ0) is 16.4. The lowest BCUT2D eigenvalue weighted by Crippen LogP contribution is -2.24. The molecule has 1 unspecified atom stereocenters. The van der Waals surface area contributed by atoms with Crippen molar-refractivity contribution in [1.82, 2.24) is 20.3 Å². The molecule has 2 aromatic heterocycles. The van der Waals surface area contributed by atoms with E-state index in [1.165, 1.54) is 5.56 Å². The number of nitrogens with one attached hydrogen (secondary N) is 1. The summed E-state index contributed by atoms with van der Waals surface area (Å²) in [7, 11) is 0. The zero-order valence-electron chi connectivity index (χ0n) is 13.8. The number of nitrogens with zero attached hydrogens (tertiary/aromatic N) is 4. The Morgan fingerprint density at radius 3 is 2.79 bits per heavy atom. The third kappa shape index (κ3) is 2.99. The Bertz CT molecular complexity index is 706. The number of hydrogen-bond donors (Lipinski definition) is 2. The molecule has 0 radical (unpaired) electrons. The van der Waals surface area contributed by atoms with E-state index in [4.69, 9.17) is 9.97 Å². The molecule has 2 aromatic rings. The standard InChI is InChI=1S/C18H23N5O/c24-12-13-5-10-23(11-13)18-15-3-8-20-9-4-16(15)21-17(22-18)14-1-6-19-7-2-14/h1-2,6-7,13,20,24H,3-5,8-12H2. The molecule has 6 nitrogen and oxygen atoms in total. The molecule has 2 N–H and O–H groups in total. The zero-order valence-corrected chi connectivity index (χ0v) is 13.8. The van der Waals surface area contributed by atoms with Gasteiger partial charge < -0.3 is 15.3 Å². The number of anilines is 1. The van der Waals surface area contributed by atoms with Gasteiger partial charge in [0.15, 0.2) is 5.82 Å². The Kier molecular flexibility index (Phi) is 4.40. The molecule has 0 saturated carbocycles. The molecular weight excluding hydrogens is 302 g/mol. The third-order valence-corrected chi connectivity index (χ3v) is 4.94. The van der Waals surface area contributed by atoms with Crippen LogP contribution >= 0.6 is 0 Å². The van der Waals surface area contributed by atoms with Crippen molar-refractivity contribution in [2.24, 2.45) is 5.92 Å². The molecule has 1 saturated heterocycles. The van der Waals surface area contributed by atoms with E-state index >= 15 is 0 Å². The van der Waals surface area contributed by atoms with Gasteiger partial charge in [0, 0.05) is 62.1 Å². The van der Waals surface area contributed by atoms with Crippen molar-refractivity contribution < 1.29 is 5.11 Å². The van der Waals surface area contributed by atoms with Crippen LogP contribution in [0, 0.1) is 5.92 Å². The Balaban J connectivity index is 1.78. The molecule has 0 aromatic carbocycles. The molecular formula is C18H23N5O. The van der Waals surface area contributed by atoms with Crippen LogP contribution in [0.4, 0.5) is 5.82 Å². The first-order valence-corrected chi connectivity index (χ1v) is 8.72. The van der Waals surface area contributed by atoms with Crippen molar-refractivity contribution in [1.29, 1.82) is 0 Å². The van der Waals surface area contributed by atoms with E-state index in [1.807, 2.05) is 12.1 Å². The number of aliphatic hydroxyl groups excluding tert-OH is 1. The summed E-state index contributed by atoms with van der Waals surface area (Å²) in [4.78, 5) is 16.2. The van der Waals surface area contributed by atoms with Gasteiger partial charge in [-0.1, -0.05) is 0 Å². The lowest BCUT2D eigenvalue weighted by Gasteiger charge is -2.22. The molecule has 0 aliphatic carbocycles. The second-order valence-electron chi connectivity index (χ2n) is 6.57. The number of fused-ring (bicyclic) bond motifs is 1. The van der Waals surface area contributed by atoms with Gasteiger partial charge in [0.05, 0.1) is 5.69 Å². The summed E-state index contributed by atoms with van der Waals surface area (Å²) in [6, 6.07) is 3.92. The molecule has 2 aliphatic rings. The second kappa shape index (κ2) is 6.83. The van der Waals surface area contributed by atoms with E-state index in [0.29, 0.717) is 5.92 Å². The highest BCUT2D eigenvalue weighted by atomic mass is 16.3. The van der Waals surface area contributed by atoms with Gasteiger partial charge in [-0.25, -0.2) is 9.97 Å². The minimum absolute atomic E-state index is 0.253. The summed E-state index contributed by atoms with van der Waals surface area (Å²) >= 11 is 0. The summed E-state index contributed by atoms with van der Waals surface area (Å²) in [6.07, 6.45) is 6.48. The Morgan fingerprint density at radius 1 is 1.17 bits per heavy atom. The van der Waals surface area contributed by atoms with Gasteiger partial charge in [0.2, 0.25) is 0 Å². The quantitative estimate of drug-likeness (QED) is 0.878. The normalized spacial score (nSPS) is 20.7. The third-order valence-electron chi connectivity index (χ3n) is 4.94. The van der Waals surface area contributed by atoms with Gasteiger partial charge in [0.1, 0.15) is 5.82 Å². The van der Waals surface area contributed by atoms with Gasteiger partial charge >= 0.3 is 0 Å². The molecule has 4 heterocycles. The number of pyridine rings is 1. The van der Waals surface area contributed by atoms with Gasteiger partial charge in [-0.05, 0) is 31.5 Å². The maximum atomic E-state index is 9.47. The lowest BCUT2D eigenvalue weighted by molar-refractivity contribution is 0.238. The van der Waals surface area contributed by atoms with Crippen LogP contribution in [0.1, 0.15) is 17.7 Å². The van der Waals surface area contributed by atoms with Crippen molar-refractivity contribution in [3.05, 3.63) is 35.8 Å². The number of hydrogen-bond acceptors (Lipinski definition) is 6. The van der Waals surface area contributed by atoms with Crippen molar-refractivity contribution in [3.8, 4) is 11.4 Å². The first kappa shape index (κ1) is 15.5. The fourth-order valence-electron chi connectivity index (χ4n) is 3.59. The monoisotopic (exact) mass is 325 g/mol. The Morgan fingerprint density at radius 2 is 2.00 bits per heavy atom. The molecule has 4 rings (SSSR count). The molecule has 1 atom stereocenters. The van der Waals surface area contributed by atoms with E-state index in [0.717, 1.165) is 68.3 Å². The SMILES string of the molecule is OCC1CCN(c2nc(-c3ccncc3)nc3c2CCNCC3)C1. The predicted octanol–water partition coefficient (Wildman–Crippen LogP) is 1.05. The summed E-state index contributed by atoms with van der Waals surface area (Å²) in [5.41, 5.74) is 3.44. The maximum Gasteiger partial charge on any atom is 0.161 e. The summed E-state index contributed by atoms with van der Waals surface area (Å²) in [5, 5.41) is 12.9. The van der Waals surface area contributed by atoms with Gasteiger partial charge in [0.25, 0.3) is 0 Å². The summed E-state index contributed by atoms with van der Waals surface area (Å²) in [6.45, 7) is 4.01. The minimum Gasteiger partial charge on any atom is -0.396 e. The Labute approximate surface area is 142 Å². The van der Waals surface area contributed by atoms with Crippen LogP contribution in [0.2, 0.25) is 0 Å². The van der Waals surface area contributed by atoms with E-state index in [9.17, 15) is 5.11 Å². The van der Waals surface area contributed by atoms with Crippen LogP contribution in [0.15, 0.2) is 24.5 Å². The Hall–Kier alpha value is -2.05. The highest BCUT2D eigenvalue weighted by Gasteiger charge is 2.27. The van der Waals surface area contributed by atoms with Crippen molar-refractivity contribution >= 4 is 5.82 Å². The first-order chi connectivity index (χ1) is 11.8. The van der Waals surface area contributed by atoms with E-state index in [1.54, 1.807) is 12.4 Å². The summed E-state index contributed by atoms with van der Waals surface area (Å²) < 4.78 is 0. The molecule has 24 heavy (non-hydrogen) atoms. The van der Waals surface area contributed by atoms with Crippen LogP contribution in [-0.2, 0) is 12.8 Å². The minimum atomic E-state index is 0.253. The summed E-state index contributed by atoms with van der Waals surface area (Å²) in [5.74, 6) is 2.19. The highest BCUT2D eigenvalue weighted by molar-refractivity contribution is 5.61. The lowest BCUT2D eigenvalue weighted by atomic mass is 10.1. The maximum absolute atomic E-state index is 9.47. The number of aromatic nitrogens is 3. The number of rotatable bonds is 3. The topological polar surface area (TPSA) is 74.2 Å². The van der Waals surface area contributed by atoms with E-state index < -0.39 is 0 Å². The fraction of sp³-hybridized carbons (Fsp3) is 0.500. The van der Waals surface area contributed by atoms with Crippen molar-refractivity contribution in [2.75, 3.05) is 37.7 Å². The molecule has 2 aliphatic heterocycles. The molecule has 0 bridgehead atoms. The molecule has 126 valence electrons. The number of aliphatic hydroxyl groups is 1. The van der Waals surface area contributed by atoms with Gasteiger partial charge in [-0.15, -0.1) is 0 Å². The smallest absolute Gasteiger partial charge is 0.161 e. The predicted molar refractivity (Wildman–Crippen MR) is 92.9 cm³/mol. The van der Waals surface area contributed by atoms with Crippen LogP contribution in [0.3, 0.4) is 0 Å². The average molecular weight is 325 g/mol. The largest absolute Gasteiger partial charge is 0.396 e. The van der Waals surface area contributed by atoms with E-state index in [-0.39, 0.29) is 6.61 Å². The average Bonchev–Trinajstić information content (AvgIpc) is 2.99. The van der Waals surface area contributed by atoms with Crippen LogP contribution < -0.4 is 10.2 Å². The molecule has 0 amide bonds. The van der Waals surface area contributed by atoms with Gasteiger partial charge in [-0.3, -0.25) is 4.98 Å². The molecule has 6 heteroatoms. The molecule has 1 fully saturated rings. The van der Waals surface area contributed by atoms with Crippen molar-refractivity contribution in [3.63, 3.8) is 0 Å². The molecule has 0 spiro atoms. The highest BCUT2D eigenvalue weighted by Crippen LogP contribution is 2.30. The van der Waals surface area contributed by atoms with Crippen molar-refractivity contribution in [2.45, 2.75) is 19.3 Å². The van der Waals surface area contributed by atoms with Crippen LogP contribution in [0.25, 0.3) is 11.4 Å². The van der Waals surface area contributed by atoms with Crippen LogP contribution in [0.5, 0.6) is 0 Å². The fourth-order valence-corrected chi connectivity index (χ4v) is 3.59.